The van der Waals surface area contributed by atoms with E-state index in [0.29, 0.717) is 31.7 Å². The fourth-order valence-corrected chi connectivity index (χ4v) is 5.09. The Hall–Kier alpha value is -2.30. The van der Waals surface area contributed by atoms with E-state index in [9.17, 15) is 22.8 Å². The standard InChI is InChI=1S/C20H28N4O5S/c1-15(25)16-4-6-17(7-5-16)30(28,29)24-12-10-22(11-13-24)18(26)14-23-9-8-21-19(27)20(23,2)3/h4-7H,8-14H2,1-3H3,(H,21,27). The van der Waals surface area contributed by atoms with Gasteiger partial charge < -0.3 is 10.2 Å². The number of carbonyl (C=O) groups excluding carboxylic acids is 3. The second-order valence-electron chi connectivity index (χ2n) is 8.10. The van der Waals surface area contributed by atoms with Crippen molar-refractivity contribution in [3.63, 3.8) is 0 Å². The van der Waals surface area contributed by atoms with Crippen molar-refractivity contribution < 1.29 is 22.8 Å². The van der Waals surface area contributed by atoms with Crippen molar-refractivity contribution >= 4 is 27.6 Å². The number of nitrogens with zero attached hydrogens (tertiary/aromatic N) is 3. The maximum Gasteiger partial charge on any atom is 0.243 e. The lowest BCUT2D eigenvalue weighted by atomic mass is 9.99. The summed E-state index contributed by atoms with van der Waals surface area (Å²) in [5.41, 5.74) is -0.302. The van der Waals surface area contributed by atoms with Gasteiger partial charge in [0.1, 0.15) is 0 Å². The molecule has 10 heteroatoms. The van der Waals surface area contributed by atoms with E-state index in [4.69, 9.17) is 0 Å². The van der Waals surface area contributed by atoms with Gasteiger partial charge >= 0.3 is 0 Å². The molecule has 0 saturated carbocycles. The number of carbonyl (C=O) groups is 3. The molecule has 0 aliphatic carbocycles. The maximum absolute atomic E-state index is 12.9. The molecule has 1 aromatic rings. The molecule has 1 N–H and O–H groups in total. The third-order valence-corrected chi connectivity index (χ3v) is 7.74. The Bertz CT molecular complexity index is 934. The number of hydrogen-bond donors (Lipinski definition) is 1. The lowest BCUT2D eigenvalue weighted by Crippen LogP contribution is -2.64. The molecule has 2 aliphatic rings. The van der Waals surface area contributed by atoms with Crippen molar-refractivity contribution in [3.8, 4) is 0 Å². The zero-order valence-electron chi connectivity index (χ0n) is 17.6. The highest BCUT2D eigenvalue weighted by atomic mass is 32.2. The molecule has 9 nitrogen and oxygen atoms in total. The SMILES string of the molecule is CC(=O)c1ccc(S(=O)(=O)N2CCN(C(=O)CN3CCNC(=O)C3(C)C)CC2)cc1. The van der Waals surface area contributed by atoms with Gasteiger partial charge in [-0.25, -0.2) is 8.42 Å². The predicted molar refractivity (Wildman–Crippen MR) is 110 cm³/mol. The highest BCUT2D eigenvalue weighted by Crippen LogP contribution is 2.20. The van der Waals surface area contributed by atoms with Crippen LogP contribution in [0.3, 0.4) is 0 Å². The van der Waals surface area contributed by atoms with Gasteiger partial charge in [-0.2, -0.15) is 4.31 Å². The molecule has 1 aromatic carbocycles. The molecule has 0 spiro atoms. The largest absolute Gasteiger partial charge is 0.353 e. The third kappa shape index (κ3) is 4.40. The molecule has 164 valence electrons. The molecule has 2 fully saturated rings. The average Bonchev–Trinajstić information content (AvgIpc) is 2.71. The Balaban J connectivity index is 1.60. The number of amides is 2. The van der Waals surface area contributed by atoms with E-state index in [1.165, 1.54) is 35.5 Å². The highest BCUT2D eigenvalue weighted by molar-refractivity contribution is 7.89. The monoisotopic (exact) mass is 436 g/mol. The number of ketones is 1. The second-order valence-corrected chi connectivity index (χ2v) is 10.0. The number of Topliss-reactive ketones (excluding diaryl/α,β-unsaturated/α-hetero) is 1. The molecule has 2 heterocycles. The maximum atomic E-state index is 12.9. The first-order valence-corrected chi connectivity index (χ1v) is 11.4. The number of sulfonamides is 1. The Kier molecular flexibility index (Phi) is 6.30. The quantitative estimate of drug-likeness (QED) is 0.648. The molecule has 30 heavy (non-hydrogen) atoms. The molecular formula is C20H28N4O5S. The molecule has 3 rings (SSSR count). The highest BCUT2D eigenvalue weighted by Gasteiger charge is 2.39. The summed E-state index contributed by atoms with van der Waals surface area (Å²) in [7, 11) is -3.69. The van der Waals surface area contributed by atoms with Crippen LogP contribution in [0.15, 0.2) is 29.2 Å². The number of rotatable bonds is 5. The topological polar surface area (TPSA) is 107 Å². The van der Waals surface area contributed by atoms with Crippen LogP contribution in [0.2, 0.25) is 0 Å². The fraction of sp³-hybridized carbons (Fsp3) is 0.550. The number of hydrogen-bond acceptors (Lipinski definition) is 6. The summed E-state index contributed by atoms with van der Waals surface area (Å²) in [6.07, 6.45) is 0. The summed E-state index contributed by atoms with van der Waals surface area (Å²) in [6, 6.07) is 5.89. The van der Waals surface area contributed by atoms with Crippen LogP contribution in [-0.4, -0.2) is 91.5 Å². The predicted octanol–water partition coefficient (Wildman–Crippen LogP) is -0.0675. The van der Waals surface area contributed by atoms with Crippen LogP contribution in [0, 0.1) is 0 Å². The minimum atomic E-state index is -3.69. The van der Waals surface area contributed by atoms with Gasteiger partial charge in [-0.05, 0) is 32.9 Å². The zero-order chi connectivity index (χ0) is 22.1. The van der Waals surface area contributed by atoms with E-state index in [1.807, 2.05) is 4.90 Å². The number of piperazine rings is 2. The minimum Gasteiger partial charge on any atom is -0.353 e. The molecule has 0 aromatic heterocycles. The van der Waals surface area contributed by atoms with Crippen molar-refractivity contribution in [1.29, 1.82) is 0 Å². The van der Waals surface area contributed by atoms with Crippen molar-refractivity contribution in [2.24, 2.45) is 0 Å². The average molecular weight is 437 g/mol. The molecular weight excluding hydrogens is 408 g/mol. The Morgan fingerprint density at radius 3 is 2.20 bits per heavy atom. The van der Waals surface area contributed by atoms with Gasteiger partial charge in [0.25, 0.3) is 0 Å². The molecule has 0 radical (unpaired) electrons. The first kappa shape index (κ1) is 22.4. The first-order chi connectivity index (χ1) is 14.0. The molecule has 0 unspecified atom stereocenters. The number of benzene rings is 1. The van der Waals surface area contributed by atoms with Crippen LogP contribution in [0.4, 0.5) is 0 Å². The van der Waals surface area contributed by atoms with Crippen LogP contribution >= 0.6 is 0 Å². The van der Waals surface area contributed by atoms with Gasteiger partial charge in [-0.15, -0.1) is 0 Å². The van der Waals surface area contributed by atoms with Crippen molar-refractivity contribution in [2.45, 2.75) is 31.2 Å². The lowest BCUT2D eigenvalue weighted by Gasteiger charge is -2.42. The van der Waals surface area contributed by atoms with Crippen LogP contribution < -0.4 is 5.32 Å². The van der Waals surface area contributed by atoms with E-state index < -0.39 is 15.6 Å². The van der Waals surface area contributed by atoms with Gasteiger partial charge in [-0.3, -0.25) is 19.3 Å². The minimum absolute atomic E-state index is 0.103. The van der Waals surface area contributed by atoms with E-state index in [0.717, 1.165) is 0 Å². The van der Waals surface area contributed by atoms with Crippen LogP contribution in [-0.2, 0) is 19.6 Å². The smallest absolute Gasteiger partial charge is 0.243 e. The van der Waals surface area contributed by atoms with Crippen molar-refractivity contribution in [1.82, 2.24) is 19.4 Å². The Labute approximate surface area is 177 Å². The van der Waals surface area contributed by atoms with E-state index >= 15 is 0 Å². The summed E-state index contributed by atoms with van der Waals surface area (Å²) in [5.74, 6) is -0.339. The normalized spacial score (nSPS) is 20.6. The van der Waals surface area contributed by atoms with Crippen molar-refractivity contribution in [2.75, 3.05) is 45.8 Å². The van der Waals surface area contributed by atoms with Crippen LogP contribution in [0.1, 0.15) is 31.1 Å². The van der Waals surface area contributed by atoms with E-state index in [1.54, 1.807) is 18.7 Å². The van der Waals surface area contributed by atoms with E-state index in [2.05, 4.69) is 5.32 Å². The third-order valence-electron chi connectivity index (χ3n) is 5.83. The van der Waals surface area contributed by atoms with Gasteiger partial charge in [-0.1, -0.05) is 12.1 Å². The first-order valence-electron chi connectivity index (χ1n) is 9.96. The summed E-state index contributed by atoms with van der Waals surface area (Å²) in [4.78, 5) is 39.8. The summed E-state index contributed by atoms with van der Waals surface area (Å²) in [6.45, 7) is 7.22. The molecule has 2 aliphatic heterocycles. The van der Waals surface area contributed by atoms with Crippen molar-refractivity contribution in [3.05, 3.63) is 29.8 Å². The second kappa shape index (κ2) is 8.44. The molecule has 2 amide bonds. The summed E-state index contributed by atoms with van der Waals surface area (Å²) < 4.78 is 27.1. The van der Waals surface area contributed by atoms with Gasteiger partial charge in [0.2, 0.25) is 21.8 Å². The molecule has 0 atom stereocenters. The van der Waals surface area contributed by atoms with Gasteiger partial charge in [0, 0.05) is 44.8 Å². The zero-order valence-corrected chi connectivity index (χ0v) is 18.4. The summed E-state index contributed by atoms with van der Waals surface area (Å²) >= 11 is 0. The fourth-order valence-electron chi connectivity index (χ4n) is 3.67. The summed E-state index contributed by atoms with van der Waals surface area (Å²) in [5, 5.41) is 2.81. The lowest BCUT2D eigenvalue weighted by molar-refractivity contribution is -0.141. The Morgan fingerprint density at radius 2 is 1.63 bits per heavy atom. The molecule has 0 bridgehead atoms. The van der Waals surface area contributed by atoms with Gasteiger partial charge in [0.05, 0.1) is 17.0 Å². The van der Waals surface area contributed by atoms with E-state index in [-0.39, 0.29) is 42.1 Å². The van der Waals surface area contributed by atoms with Crippen LogP contribution in [0.5, 0.6) is 0 Å². The number of nitrogens with one attached hydrogen (secondary N) is 1. The van der Waals surface area contributed by atoms with Gasteiger partial charge in [0.15, 0.2) is 5.78 Å². The molecule has 2 saturated heterocycles. The van der Waals surface area contributed by atoms with Crippen LogP contribution in [0.25, 0.3) is 0 Å². The Morgan fingerprint density at radius 1 is 1.03 bits per heavy atom.